The summed E-state index contributed by atoms with van der Waals surface area (Å²) in [6.45, 7) is 0. The molecule has 0 aromatic carbocycles. The highest BCUT2D eigenvalue weighted by Gasteiger charge is 2.62. The molecule has 25 heavy (non-hydrogen) atoms. The van der Waals surface area contributed by atoms with E-state index in [-0.39, 0.29) is 17.2 Å². The summed E-state index contributed by atoms with van der Waals surface area (Å²) in [6.07, 6.45) is -1.26. The van der Waals surface area contributed by atoms with Crippen LogP contribution in [0.2, 0.25) is 0 Å². The van der Waals surface area contributed by atoms with E-state index in [4.69, 9.17) is 5.73 Å². The fourth-order valence-corrected chi connectivity index (χ4v) is 2.26. The number of carbonyl (C=O) groups excluding carboxylic acids is 1. The van der Waals surface area contributed by atoms with Gasteiger partial charge in [-0.25, -0.2) is 15.0 Å². The maximum absolute atomic E-state index is 13.5. The average molecular weight is 352 g/mol. The number of alkyl halides is 3. The third-order valence-electron chi connectivity index (χ3n) is 3.54. The van der Waals surface area contributed by atoms with Crippen molar-refractivity contribution in [2.75, 3.05) is 5.01 Å². The van der Waals surface area contributed by atoms with Gasteiger partial charge in [-0.2, -0.15) is 18.3 Å². The van der Waals surface area contributed by atoms with Crippen molar-refractivity contribution in [3.63, 3.8) is 0 Å². The number of aromatic nitrogens is 3. The molecule has 0 fully saturated rings. The van der Waals surface area contributed by atoms with Crippen LogP contribution in [0.5, 0.6) is 0 Å². The van der Waals surface area contributed by atoms with Crippen LogP contribution in [0.3, 0.4) is 0 Å². The number of hydrogen-bond donors (Lipinski definition) is 2. The molecule has 3 N–H and O–H groups in total. The Kier molecular flexibility index (Phi) is 3.87. The van der Waals surface area contributed by atoms with Crippen molar-refractivity contribution in [2.45, 2.75) is 18.3 Å². The topological polar surface area (TPSA) is 118 Å². The molecule has 1 atom stereocenters. The number of aliphatic hydroxyl groups is 1. The molecule has 0 aliphatic carbocycles. The first-order chi connectivity index (χ1) is 11.7. The van der Waals surface area contributed by atoms with Gasteiger partial charge in [0.2, 0.25) is 0 Å². The monoisotopic (exact) mass is 352 g/mol. The molecule has 0 spiro atoms. The minimum absolute atomic E-state index is 0.0197. The zero-order valence-electron chi connectivity index (χ0n) is 12.5. The van der Waals surface area contributed by atoms with E-state index in [9.17, 15) is 23.1 Å². The minimum atomic E-state index is -5.02. The number of rotatable bonds is 3. The molecule has 0 saturated heterocycles. The summed E-state index contributed by atoms with van der Waals surface area (Å²) in [5.41, 5.74) is 1.80. The van der Waals surface area contributed by atoms with Gasteiger partial charge >= 0.3 is 6.18 Å². The van der Waals surface area contributed by atoms with Gasteiger partial charge in [-0.3, -0.25) is 9.78 Å². The van der Waals surface area contributed by atoms with E-state index < -0.39 is 24.2 Å². The minimum Gasteiger partial charge on any atom is -0.364 e. The summed E-state index contributed by atoms with van der Waals surface area (Å²) in [4.78, 5) is 22.2. The molecule has 0 saturated carbocycles. The fraction of sp³-hybridized carbons (Fsp3) is 0.214. The zero-order chi connectivity index (χ0) is 18.2. The van der Waals surface area contributed by atoms with Gasteiger partial charge in [-0.1, -0.05) is 6.07 Å². The molecule has 2 aromatic heterocycles. The molecule has 11 heteroatoms. The Balaban J connectivity index is 2.05. The molecule has 1 unspecified atom stereocenters. The zero-order valence-corrected chi connectivity index (χ0v) is 12.5. The SMILES string of the molecule is NC(=O)c1cnc(N2N=C(c3cccnc3)CC2(O)C(F)(F)F)cn1. The normalized spacial score (nSPS) is 20.5. The van der Waals surface area contributed by atoms with Gasteiger partial charge < -0.3 is 10.8 Å². The number of amides is 1. The van der Waals surface area contributed by atoms with E-state index in [1.54, 1.807) is 0 Å². The number of primary amides is 1. The molecule has 3 rings (SSSR count). The second-order valence-electron chi connectivity index (χ2n) is 5.22. The largest absolute Gasteiger partial charge is 0.438 e. The van der Waals surface area contributed by atoms with Crippen LogP contribution in [-0.4, -0.2) is 43.6 Å². The van der Waals surface area contributed by atoms with Crippen molar-refractivity contribution >= 4 is 17.4 Å². The van der Waals surface area contributed by atoms with Crippen molar-refractivity contribution < 1.29 is 23.1 Å². The summed E-state index contributed by atoms with van der Waals surface area (Å²) >= 11 is 0. The van der Waals surface area contributed by atoms with Gasteiger partial charge in [-0.05, 0) is 6.07 Å². The Morgan fingerprint density at radius 2 is 2.04 bits per heavy atom. The van der Waals surface area contributed by atoms with Crippen LogP contribution in [0.15, 0.2) is 42.0 Å². The molecule has 0 bridgehead atoms. The Hall–Kier alpha value is -3.08. The van der Waals surface area contributed by atoms with Crippen molar-refractivity contribution in [1.82, 2.24) is 15.0 Å². The lowest BCUT2D eigenvalue weighted by Gasteiger charge is -2.32. The second kappa shape index (κ2) is 5.77. The summed E-state index contributed by atoms with van der Waals surface area (Å²) in [5.74, 6) is -1.27. The standard InChI is InChI=1S/C14H11F3N6O2/c15-14(16,17)13(25)4-9(8-2-1-3-19-5-8)22-23(13)11-7-20-10(6-21-11)12(18)24/h1-3,5-7,25H,4H2,(H2,18,24). The first kappa shape index (κ1) is 16.8. The molecular weight excluding hydrogens is 341 g/mol. The number of pyridine rings is 1. The van der Waals surface area contributed by atoms with Gasteiger partial charge in [0.05, 0.1) is 24.5 Å². The number of anilines is 1. The van der Waals surface area contributed by atoms with Crippen LogP contribution in [0, 0.1) is 0 Å². The van der Waals surface area contributed by atoms with Gasteiger partial charge in [-0.15, -0.1) is 0 Å². The number of nitrogens with zero attached hydrogens (tertiary/aromatic N) is 5. The highest BCUT2D eigenvalue weighted by molar-refractivity contribution is 6.03. The molecular formula is C14H11F3N6O2. The van der Waals surface area contributed by atoms with Crippen LogP contribution in [0.1, 0.15) is 22.5 Å². The van der Waals surface area contributed by atoms with E-state index in [2.05, 4.69) is 20.1 Å². The summed E-state index contributed by atoms with van der Waals surface area (Å²) in [5, 5.41) is 14.4. The van der Waals surface area contributed by atoms with E-state index in [1.807, 2.05) is 0 Å². The first-order valence-corrected chi connectivity index (χ1v) is 6.91. The van der Waals surface area contributed by atoms with E-state index in [0.717, 1.165) is 12.4 Å². The van der Waals surface area contributed by atoms with Crippen LogP contribution in [0.4, 0.5) is 19.0 Å². The Morgan fingerprint density at radius 1 is 1.28 bits per heavy atom. The predicted molar refractivity (Wildman–Crippen MR) is 79.4 cm³/mol. The molecule has 130 valence electrons. The molecule has 1 aliphatic heterocycles. The number of hydrazone groups is 1. The lowest BCUT2D eigenvalue weighted by atomic mass is 10.0. The van der Waals surface area contributed by atoms with Gasteiger partial charge in [0.25, 0.3) is 11.6 Å². The summed E-state index contributed by atoms with van der Waals surface area (Å²) < 4.78 is 40.4. The molecule has 2 aromatic rings. The third-order valence-corrected chi connectivity index (χ3v) is 3.54. The lowest BCUT2D eigenvalue weighted by molar-refractivity contribution is -0.254. The second-order valence-corrected chi connectivity index (χ2v) is 5.22. The average Bonchev–Trinajstić information content (AvgIpc) is 2.95. The Labute approximate surface area is 138 Å². The van der Waals surface area contributed by atoms with Gasteiger partial charge in [0, 0.05) is 18.0 Å². The quantitative estimate of drug-likeness (QED) is 0.845. The van der Waals surface area contributed by atoms with Crippen molar-refractivity contribution in [1.29, 1.82) is 0 Å². The van der Waals surface area contributed by atoms with E-state index in [0.29, 0.717) is 10.6 Å². The van der Waals surface area contributed by atoms with Gasteiger partial charge in [0.15, 0.2) is 5.82 Å². The van der Waals surface area contributed by atoms with Crippen molar-refractivity contribution in [3.8, 4) is 0 Å². The molecule has 1 amide bonds. The molecule has 3 heterocycles. The number of carbonyl (C=O) groups is 1. The maximum atomic E-state index is 13.5. The van der Waals surface area contributed by atoms with Gasteiger partial charge in [0.1, 0.15) is 5.69 Å². The molecule has 1 aliphatic rings. The summed E-state index contributed by atoms with van der Waals surface area (Å²) in [7, 11) is 0. The maximum Gasteiger partial charge on any atom is 0.438 e. The lowest BCUT2D eigenvalue weighted by Crippen LogP contribution is -2.55. The van der Waals surface area contributed by atoms with E-state index in [1.165, 1.54) is 24.5 Å². The molecule has 8 nitrogen and oxygen atoms in total. The van der Waals surface area contributed by atoms with Crippen LogP contribution < -0.4 is 10.7 Å². The Morgan fingerprint density at radius 3 is 2.56 bits per heavy atom. The van der Waals surface area contributed by atoms with Crippen molar-refractivity contribution in [2.24, 2.45) is 10.8 Å². The first-order valence-electron chi connectivity index (χ1n) is 6.91. The van der Waals surface area contributed by atoms with E-state index >= 15 is 0 Å². The predicted octanol–water partition coefficient (Wildman–Crippen LogP) is 0.836. The number of nitrogens with two attached hydrogens (primary N) is 1. The summed E-state index contributed by atoms with van der Waals surface area (Å²) in [6, 6.07) is 3.06. The fourth-order valence-electron chi connectivity index (χ4n) is 2.26. The third kappa shape index (κ3) is 2.89. The van der Waals surface area contributed by atoms with Crippen molar-refractivity contribution in [3.05, 3.63) is 48.2 Å². The molecule has 0 radical (unpaired) electrons. The highest BCUT2D eigenvalue weighted by atomic mass is 19.4. The number of halogens is 3. The smallest absolute Gasteiger partial charge is 0.364 e. The van der Waals surface area contributed by atoms with Crippen LogP contribution >= 0.6 is 0 Å². The number of hydrogen-bond acceptors (Lipinski definition) is 7. The highest BCUT2D eigenvalue weighted by Crippen LogP contribution is 2.42. The Bertz CT molecular complexity index is 825. The van der Waals surface area contributed by atoms with Crippen LogP contribution in [0.25, 0.3) is 0 Å². The van der Waals surface area contributed by atoms with Crippen LogP contribution in [-0.2, 0) is 0 Å².